The van der Waals surface area contributed by atoms with Gasteiger partial charge in [0, 0.05) is 33.5 Å². The normalized spacial score (nSPS) is 14.1. The molecule has 0 radical (unpaired) electrons. The first kappa shape index (κ1) is 34.0. The first-order valence-corrected chi connectivity index (χ1v) is 18.0. The third kappa shape index (κ3) is 8.70. The number of halogens is 3. The number of carbonyl (C=O) groups is 2. The average molecular weight is 744 g/mol. The zero-order chi connectivity index (χ0) is 32.7. The Labute approximate surface area is 288 Å². The fourth-order valence-corrected chi connectivity index (χ4v) is 7.84. The summed E-state index contributed by atoms with van der Waals surface area (Å²) >= 11 is 16.1. The van der Waals surface area contributed by atoms with Gasteiger partial charge >= 0.3 is 0 Å². The van der Waals surface area contributed by atoms with E-state index in [9.17, 15) is 18.0 Å². The van der Waals surface area contributed by atoms with Crippen LogP contribution in [0.15, 0.2) is 112 Å². The third-order valence-electron chi connectivity index (χ3n) is 7.98. The van der Waals surface area contributed by atoms with Gasteiger partial charge in [0.2, 0.25) is 11.8 Å². The Bertz CT molecular complexity index is 1730. The molecule has 0 saturated heterocycles. The molecule has 7 nitrogen and oxygen atoms in total. The molecule has 240 valence electrons. The van der Waals surface area contributed by atoms with Crippen molar-refractivity contribution in [2.75, 3.05) is 10.8 Å². The van der Waals surface area contributed by atoms with Gasteiger partial charge in [0.1, 0.15) is 12.6 Å². The van der Waals surface area contributed by atoms with Crippen molar-refractivity contribution in [3.63, 3.8) is 0 Å². The van der Waals surface area contributed by atoms with Crippen molar-refractivity contribution in [1.82, 2.24) is 10.2 Å². The highest BCUT2D eigenvalue weighted by Gasteiger charge is 2.35. The molecule has 0 aromatic heterocycles. The molecule has 0 spiro atoms. The quantitative estimate of drug-likeness (QED) is 0.162. The lowest BCUT2D eigenvalue weighted by molar-refractivity contribution is -0.140. The van der Waals surface area contributed by atoms with E-state index in [2.05, 4.69) is 21.2 Å². The van der Waals surface area contributed by atoms with Crippen LogP contribution in [0.3, 0.4) is 0 Å². The van der Waals surface area contributed by atoms with Gasteiger partial charge in [-0.15, -0.1) is 0 Å². The van der Waals surface area contributed by atoms with E-state index in [0.29, 0.717) is 0 Å². The molecule has 2 amide bonds. The molecule has 0 bridgehead atoms. The second-order valence-corrected chi connectivity index (χ2v) is 14.9. The molecular weight excluding hydrogens is 709 g/mol. The Morgan fingerprint density at radius 2 is 1.41 bits per heavy atom. The summed E-state index contributed by atoms with van der Waals surface area (Å²) in [5.41, 5.74) is 1.79. The Kier molecular flexibility index (Phi) is 11.4. The fraction of sp³-hybridized carbons (Fsp3) is 0.257. The van der Waals surface area contributed by atoms with E-state index in [1.54, 1.807) is 18.2 Å². The molecule has 1 atom stereocenters. The van der Waals surface area contributed by atoms with E-state index in [4.69, 9.17) is 23.2 Å². The Morgan fingerprint density at radius 1 is 0.826 bits per heavy atom. The maximum Gasteiger partial charge on any atom is 0.264 e. The minimum absolute atomic E-state index is 0.00169. The van der Waals surface area contributed by atoms with Crippen LogP contribution in [0.5, 0.6) is 0 Å². The SMILES string of the molecule is O=C(NC1CCCC1)[C@H](Cc1ccccc1)N(Cc1ccc(Br)cc1)C(=O)CN(c1cc(Cl)cc(Cl)c1)S(=O)(=O)c1ccccc1. The molecule has 4 aromatic carbocycles. The van der Waals surface area contributed by atoms with Crippen LogP contribution in [-0.2, 0) is 32.6 Å². The number of hydrogen-bond donors (Lipinski definition) is 1. The molecule has 1 aliphatic rings. The van der Waals surface area contributed by atoms with Crippen LogP contribution in [0.4, 0.5) is 5.69 Å². The molecule has 0 unspecified atom stereocenters. The molecule has 0 aliphatic heterocycles. The van der Waals surface area contributed by atoms with Gasteiger partial charge in [-0.1, -0.05) is 113 Å². The number of benzene rings is 4. The van der Waals surface area contributed by atoms with Gasteiger partial charge in [-0.2, -0.15) is 0 Å². The van der Waals surface area contributed by atoms with E-state index in [1.807, 2.05) is 54.6 Å². The van der Waals surface area contributed by atoms with Crippen molar-refractivity contribution in [1.29, 1.82) is 0 Å². The second-order valence-electron chi connectivity index (χ2n) is 11.3. The van der Waals surface area contributed by atoms with Crippen LogP contribution in [0.2, 0.25) is 10.0 Å². The first-order valence-electron chi connectivity index (χ1n) is 15.0. The van der Waals surface area contributed by atoms with Crippen molar-refractivity contribution >= 4 is 66.7 Å². The molecule has 1 fully saturated rings. The number of nitrogens with one attached hydrogen (secondary N) is 1. The van der Waals surface area contributed by atoms with Crippen molar-refractivity contribution in [3.8, 4) is 0 Å². The van der Waals surface area contributed by atoms with E-state index in [-0.39, 0.29) is 45.5 Å². The molecule has 4 aromatic rings. The van der Waals surface area contributed by atoms with Gasteiger partial charge in [-0.25, -0.2) is 8.42 Å². The lowest BCUT2D eigenvalue weighted by Crippen LogP contribution is -2.54. The van der Waals surface area contributed by atoms with Gasteiger partial charge in [0.15, 0.2) is 0 Å². The summed E-state index contributed by atoms with van der Waals surface area (Å²) < 4.78 is 30.1. The van der Waals surface area contributed by atoms with Gasteiger partial charge in [0.25, 0.3) is 10.0 Å². The first-order chi connectivity index (χ1) is 22.1. The van der Waals surface area contributed by atoms with Crippen LogP contribution >= 0.6 is 39.1 Å². The summed E-state index contributed by atoms with van der Waals surface area (Å²) in [6, 6.07) is 28.3. The Hall–Kier alpha value is -3.37. The Morgan fingerprint density at radius 3 is 2.02 bits per heavy atom. The predicted molar refractivity (Wildman–Crippen MR) is 186 cm³/mol. The number of nitrogens with zero attached hydrogens (tertiary/aromatic N) is 2. The van der Waals surface area contributed by atoms with E-state index in [0.717, 1.165) is 45.6 Å². The van der Waals surface area contributed by atoms with Crippen LogP contribution in [-0.4, -0.2) is 43.8 Å². The van der Waals surface area contributed by atoms with Crippen LogP contribution < -0.4 is 9.62 Å². The topological polar surface area (TPSA) is 86.8 Å². The molecule has 1 N–H and O–H groups in total. The monoisotopic (exact) mass is 741 g/mol. The fourth-order valence-electron chi connectivity index (χ4n) is 5.64. The summed E-state index contributed by atoms with van der Waals surface area (Å²) in [6.07, 6.45) is 4.07. The van der Waals surface area contributed by atoms with E-state index >= 15 is 0 Å². The number of carbonyl (C=O) groups excluding carboxylic acids is 2. The Balaban J connectivity index is 1.57. The number of anilines is 1. The standard InChI is InChI=1S/C35H34BrCl2N3O4S/c36-27-17-15-26(16-18-27)23-40(33(19-25-9-3-1-4-10-25)35(43)39-30-11-7-8-12-30)34(42)24-41(31-21-28(37)20-29(38)22-31)46(44,45)32-13-5-2-6-14-32/h1-6,9-10,13-18,20-22,30,33H,7-8,11-12,19,23-24H2,(H,39,43)/t33-/m0/s1. The average Bonchev–Trinajstić information content (AvgIpc) is 3.55. The van der Waals surface area contributed by atoms with E-state index < -0.39 is 28.5 Å². The maximum absolute atomic E-state index is 14.6. The molecule has 5 rings (SSSR count). The number of amides is 2. The molecule has 46 heavy (non-hydrogen) atoms. The zero-order valence-corrected chi connectivity index (χ0v) is 28.9. The molecule has 1 saturated carbocycles. The molecule has 0 heterocycles. The predicted octanol–water partition coefficient (Wildman–Crippen LogP) is 7.65. The third-order valence-corrected chi connectivity index (χ3v) is 10.7. The second kappa shape index (κ2) is 15.5. The van der Waals surface area contributed by atoms with Crippen LogP contribution in [0.1, 0.15) is 36.8 Å². The van der Waals surface area contributed by atoms with Crippen molar-refractivity contribution in [2.45, 2.75) is 55.6 Å². The largest absolute Gasteiger partial charge is 0.352 e. The highest BCUT2D eigenvalue weighted by molar-refractivity contribution is 9.10. The van der Waals surface area contributed by atoms with Crippen LogP contribution in [0, 0.1) is 0 Å². The maximum atomic E-state index is 14.6. The van der Waals surface area contributed by atoms with Crippen LogP contribution in [0.25, 0.3) is 0 Å². The summed E-state index contributed by atoms with van der Waals surface area (Å²) in [5.74, 6) is -0.828. The number of sulfonamides is 1. The summed E-state index contributed by atoms with van der Waals surface area (Å²) in [5, 5.41) is 3.61. The zero-order valence-electron chi connectivity index (χ0n) is 25.0. The van der Waals surface area contributed by atoms with Crippen molar-refractivity contribution < 1.29 is 18.0 Å². The summed E-state index contributed by atoms with van der Waals surface area (Å²) in [7, 11) is -4.26. The summed E-state index contributed by atoms with van der Waals surface area (Å²) in [4.78, 5) is 30.1. The van der Waals surface area contributed by atoms with Crippen molar-refractivity contribution in [2.24, 2.45) is 0 Å². The minimum Gasteiger partial charge on any atom is -0.352 e. The molecule has 1 aliphatic carbocycles. The number of hydrogen-bond acceptors (Lipinski definition) is 4. The molecule has 11 heteroatoms. The highest BCUT2D eigenvalue weighted by Crippen LogP contribution is 2.30. The number of rotatable bonds is 12. The highest BCUT2D eigenvalue weighted by atomic mass is 79.9. The van der Waals surface area contributed by atoms with Gasteiger partial charge in [-0.3, -0.25) is 13.9 Å². The molecular formula is C35H34BrCl2N3O4S. The van der Waals surface area contributed by atoms with Crippen molar-refractivity contribution in [3.05, 3.63) is 129 Å². The van der Waals surface area contributed by atoms with Gasteiger partial charge in [0.05, 0.1) is 10.6 Å². The smallest absolute Gasteiger partial charge is 0.264 e. The minimum atomic E-state index is -4.26. The lowest BCUT2D eigenvalue weighted by Gasteiger charge is -2.34. The van der Waals surface area contributed by atoms with Gasteiger partial charge in [-0.05, 0) is 66.4 Å². The van der Waals surface area contributed by atoms with Gasteiger partial charge < -0.3 is 10.2 Å². The lowest BCUT2D eigenvalue weighted by atomic mass is 10.0. The summed E-state index contributed by atoms with van der Waals surface area (Å²) in [6.45, 7) is -0.510. The van der Waals surface area contributed by atoms with E-state index in [1.165, 1.54) is 35.2 Å².